The highest BCUT2D eigenvalue weighted by molar-refractivity contribution is 6.30. The molecular weight excluding hydrogens is 392 g/mol. The summed E-state index contributed by atoms with van der Waals surface area (Å²) in [6.07, 6.45) is 6.47. The van der Waals surface area contributed by atoms with Gasteiger partial charge in [0, 0.05) is 55.3 Å². The molecule has 2 heterocycles. The molecule has 0 atom stereocenters. The van der Waals surface area contributed by atoms with Crippen molar-refractivity contribution >= 4 is 23.4 Å². The molecule has 0 bridgehead atoms. The third-order valence-electron chi connectivity index (χ3n) is 5.40. The monoisotopic (exact) mass is 418 g/mol. The van der Waals surface area contributed by atoms with Gasteiger partial charge in [-0.2, -0.15) is 5.10 Å². The average molecular weight is 419 g/mol. The molecule has 1 aliphatic heterocycles. The fourth-order valence-electron chi connectivity index (χ4n) is 3.75. The zero-order valence-corrected chi connectivity index (χ0v) is 17.2. The van der Waals surface area contributed by atoms with Gasteiger partial charge in [-0.25, -0.2) is 0 Å². The number of amides is 2. The number of aryl methyl sites for hydroxylation is 1. The van der Waals surface area contributed by atoms with E-state index in [1.54, 1.807) is 18.3 Å². The molecule has 0 aliphatic carbocycles. The molecule has 29 heavy (non-hydrogen) atoms. The molecule has 1 saturated heterocycles. The van der Waals surface area contributed by atoms with E-state index in [2.05, 4.69) is 5.10 Å². The van der Waals surface area contributed by atoms with E-state index in [9.17, 15) is 9.59 Å². The highest BCUT2D eigenvalue weighted by Crippen LogP contribution is 2.36. The Labute approximate surface area is 175 Å². The first-order chi connectivity index (χ1) is 14.0. The lowest BCUT2D eigenvalue weighted by Gasteiger charge is -2.41. The van der Waals surface area contributed by atoms with E-state index in [-0.39, 0.29) is 23.7 Å². The fraction of sp³-hybridized carbons (Fsp3) is 0.476. The van der Waals surface area contributed by atoms with E-state index in [0.717, 1.165) is 13.0 Å². The molecule has 0 radical (unpaired) electrons. The van der Waals surface area contributed by atoms with Gasteiger partial charge in [-0.05, 0) is 43.5 Å². The molecule has 156 valence electrons. The number of nitrogens with zero attached hydrogens (tertiary/aromatic N) is 3. The third-order valence-corrected chi connectivity index (χ3v) is 5.64. The maximum absolute atomic E-state index is 12.5. The predicted octanol–water partition coefficient (Wildman–Crippen LogP) is 2.88. The standard InChI is InChI=1S/C21H27ClN4O3/c22-17-4-1-5-18(14-17)29-16-21(15-19(23)27)7-12-25(13-8-21)20(28)6-2-10-26-11-3-9-24-26/h1,3-5,9,11,14H,2,6-8,10,12-13,15-16H2,(H2,23,27). The van der Waals surface area contributed by atoms with Crippen molar-refractivity contribution in [1.82, 2.24) is 14.7 Å². The topological polar surface area (TPSA) is 90.5 Å². The molecule has 0 saturated carbocycles. The number of likely N-dealkylation sites (tertiary alicyclic amines) is 1. The van der Waals surface area contributed by atoms with Crippen LogP contribution < -0.4 is 10.5 Å². The molecule has 1 aromatic carbocycles. The number of carbonyl (C=O) groups excluding carboxylic acids is 2. The van der Waals surface area contributed by atoms with Crippen LogP contribution in [-0.2, 0) is 16.1 Å². The molecule has 1 aromatic heterocycles. The van der Waals surface area contributed by atoms with Crippen LogP contribution in [-0.4, -0.2) is 46.2 Å². The van der Waals surface area contributed by atoms with E-state index in [0.29, 0.717) is 49.7 Å². The SMILES string of the molecule is NC(=O)CC1(COc2cccc(Cl)c2)CCN(C(=O)CCCn2cccn2)CC1. The predicted molar refractivity (Wildman–Crippen MR) is 110 cm³/mol. The molecule has 2 aromatic rings. The highest BCUT2D eigenvalue weighted by Gasteiger charge is 2.38. The van der Waals surface area contributed by atoms with Crippen LogP contribution in [0, 0.1) is 5.41 Å². The molecule has 1 aliphatic rings. The summed E-state index contributed by atoms with van der Waals surface area (Å²) in [5.74, 6) is 0.456. The summed E-state index contributed by atoms with van der Waals surface area (Å²) in [5, 5.41) is 4.75. The van der Waals surface area contributed by atoms with Gasteiger partial charge in [0.1, 0.15) is 5.75 Å². The van der Waals surface area contributed by atoms with Crippen LogP contribution in [0.15, 0.2) is 42.7 Å². The number of primary amides is 1. The number of piperidine rings is 1. The van der Waals surface area contributed by atoms with E-state index < -0.39 is 0 Å². The van der Waals surface area contributed by atoms with Crippen molar-refractivity contribution in [2.75, 3.05) is 19.7 Å². The highest BCUT2D eigenvalue weighted by atomic mass is 35.5. The van der Waals surface area contributed by atoms with Gasteiger partial charge in [-0.15, -0.1) is 0 Å². The number of hydrogen-bond acceptors (Lipinski definition) is 4. The first-order valence-electron chi connectivity index (χ1n) is 9.88. The van der Waals surface area contributed by atoms with Gasteiger partial charge in [-0.1, -0.05) is 17.7 Å². The van der Waals surface area contributed by atoms with Crippen LogP contribution in [0.5, 0.6) is 5.75 Å². The van der Waals surface area contributed by atoms with E-state index >= 15 is 0 Å². The number of halogens is 1. The van der Waals surface area contributed by atoms with Gasteiger partial charge >= 0.3 is 0 Å². The number of nitrogens with two attached hydrogens (primary N) is 1. The maximum Gasteiger partial charge on any atom is 0.222 e. The molecule has 8 heteroatoms. The maximum atomic E-state index is 12.5. The summed E-state index contributed by atoms with van der Waals surface area (Å²) in [6, 6.07) is 9.06. The molecule has 2 N–H and O–H groups in total. The number of benzene rings is 1. The van der Waals surface area contributed by atoms with Gasteiger partial charge < -0.3 is 15.4 Å². The number of aromatic nitrogens is 2. The molecule has 2 amide bonds. The van der Waals surface area contributed by atoms with Crippen molar-refractivity contribution < 1.29 is 14.3 Å². The van der Waals surface area contributed by atoms with Crippen LogP contribution in [0.3, 0.4) is 0 Å². The van der Waals surface area contributed by atoms with Gasteiger partial charge in [0.15, 0.2) is 0 Å². The van der Waals surface area contributed by atoms with Gasteiger partial charge in [0.05, 0.1) is 6.61 Å². The Kier molecular flexibility index (Phi) is 7.14. The second-order valence-corrected chi connectivity index (χ2v) is 8.08. The lowest BCUT2D eigenvalue weighted by atomic mass is 9.76. The van der Waals surface area contributed by atoms with Crippen molar-refractivity contribution in [3.05, 3.63) is 47.7 Å². The lowest BCUT2D eigenvalue weighted by molar-refractivity contribution is -0.134. The Morgan fingerprint density at radius 3 is 2.69 bits per heavy atom. The van der Waals surface area contributed by atoms with E-state index in [1.807, 2.05) is 34.0 Å². The minimum Gasteiger partial charge on any atom is -0.493 e. The van der Waals surface area contributed by atoms with Gasteiger partial charge in [0.2, 0.25) is 11.8 Å². The molecule has 0 spiro atoms. The van der Waals surface area contributed by atoms with Crippen LogP contribution in [0.2, 0.25) is 5.02 Å². The van der Waals surface area contributed by atoms with Crippen LogP contribution in [0.25, 0.3) is 0 Å². The molecular formula is C21H27ClN4O3. The lowest BCUT2D eigenvalue weighted by Crippen LogP contribution is -2.47. The Morgan fingerprint density at radius 1 is 1.24 bits per heavy atom. The number of carbonyl (C=O) groups is 2. The van der Waals surface area contributed by atoms with Crippen molar-refractivity contribution in [1.29, 1.82) is 0 Å². The summed E-state index contributed by atoms with van der Waals surface area (Å²) in [5.41, 5.74) is 5.14. The fourth-order valence-corrected chi connectivity index (χ4v) is 3.93. The Bertz CT molecular complexity index is 817. The number of rotatable bonds is 9. The summed E-state index contributed by atoms with van der Waals surface area (Å²) in [4.78, 5) is 26.1. The largest absolute Gasteiger partial charge is 0.493 e. The van der Waals surface area contributed by atoms with Crippen molar-refractivity contribution in [2.24, 2.45) is 11.1 Å². The van der Waals surface area contributed by atoms with Crippen LogP contribution in [0.4, 0.5) is 0 Å². The summed E-state index contributed by atoms with van der Waals surface area (Å²) in [6.45, 7) is 2.31. The van der Waals surface area contributed by atoms with Crippen molar-refractivity contribution in [3.63, 3.8) is 0 Å². The average Bonchev–Trinajstić information content (AvgIpc) is 3.20. The van der Waals surface area contributed by atoms with Crippen LogP contribution >= 0.6 is 11.6 Å². The Balaban J connectivity index is 1.51. The summed E-state index contributed by atoms with van der Waals surface area (Å²) in [7, 11) is 0. The normalized spacial score (nSPS) is 15.8. The quantitative estimate of drug-likeness (QED) is 0.677. The number of ether oxygens (including phenoxy) is 1. The van der Waals surface area contributed by atoms with Crippen molar-refractivity contribution in [2.45, 2.75) is 38.6 Å². The summed E-state index contributed by atoms with van der Waals surface area (Å²) < 4.78 is 7.76. The molecule has 1 fully saturated rings. The zero-order chi connectivity index (χ0) is 20.7. The van der Waals surface area contributed by atoms with Gasteiger partial charge in [0.25, 0.3) is 0 Å². The van der Waals surface area contributed by atoms with Gasteiger partial charge in [-0.3, -0.25) is 14.3 Å². The molecule has 0 unspecified atom stereocenters. The summed E-state index contributed by atoms with van der Waals surface area (Å²) >= 11 is 6.01. The zero-order valence-electron chi connectivity index (χ0n) is 16.4. The third kappa shape index (κ3) is 6.22. The number of hydrogen-bond donors (Lipinski definition) is 1. The molecule has 3 rings (SSSR count). The molecule has 7 nitrogen and oxygen atoms in total. The first-order valence-corrected chi connectivity index (χ1v) is 10.3. The van der Waals surface area contributed by atoms with Crippen LogP contribution in [0.1, 0.15) is 32.1 Å². The minimum atomic E-state index is -0.361. The van der Waals surface area contributed by atoms with Crippen molar-refractivity contribution in [3.8, 4) is 5.75 Å². The second-order valence-electron chi connectivity index (χ2n) is 7.64. The minimum absolute atomic E-state index is 0.139. The second kappa shape index (κ2) is 9.78. The van der Waals surface area contributed by atoms with E-state index in [1.165, 1.54) is 0 Å². The smallest absolute Gasteiger partial charge is 0.222 e. The first kappa shape index (κ1) is 21.2. The Morgan fingerprint density at radius 2 is 2.03 bits per heavy atom. The Hall–Kier alpha value is -2.54. The van der Waals surface area contributed by atoms with E-state index in [4.69, 9.17) is 22.1 Å².